The summed E-state index contributed by atoms with van der Waals surface area (Å²) < 4.78 is 0. The quantitative estimate of drug-likeness (QED) is 0.866. The van der Waals surface area contributed by atoms with E-state index in [4.69, 9.17) is 0 Å². The van der Waals surface area contributed by atoms with Crippen molar-refractivity contribution in [1.29, 1.82) is 0 Å². The Balaban J connectivity index is 1.56. The molecular weight excluding hydrogens is 284 g/mol. The van der Waals surface area contributed by atoms with Gasteiger partial charge in [0.2, 0.25) is 0 Å². The van der Waals surface area contributed by atoms with Crippen molar-refractivity contribution in [3.63, 3.8) is 0 Å². The van der Waals surface area contributed by atoms with Gasteiger partial charge in [0.25, 0.3) is 0 Å². The smallest absolute Gasteiger partial charge is 0.112 e. The van der Waals surface area contributed by atoms with Crippen LogP contribution in [0.15, 0.2) is 41.8 Å². The van der Waals surface area contributed by atoms with Crippen LogP contribution in [0.1, 0.15) is 15.2 Å². The number of benzene rings is 1. The molecule has 3 rings (SSSR count). The highest BCUT2D eigenvalue weighted by Crippen LogP contribution is 2.15. The minimum absolute atomic E-state index is 0.237. The first-order valence-electron chi connectivity index (χ1n) is 7.15. The van der Waals surface area contributed by atoms with E-state index in [0.717, 1.165) is 38.4 Å². The number of carboxylic acids is 1. The second kappa shape index (κ2) is 6.28. The van der Waals surface area contributed by atoms with Gasteiger partial charge in [-0.15, -0.1) is 11.3 Å². The van der Waals surface area contributed by atoms with E-state index in [1.807, 2.05) is 23.5 Å². The van der Waals surface area contributed by atoms with Crippen molar-refractivity contribution in [1.82, 2.24) is 0 Å². The topological polar surface area (TPSA) is 47.8 Å². The van der Waals surface area contributed by atoms with Crippen LogP contribution >= 0.6 is 11.3 Å². The van der Waals surface area contributed by atoms with Gasteiger partial charge >= 0.3 is 0 Å². The normalized spacial score (nSPS) is 16.1. The maximum Gasteiger partial charge on any atom is 0.112 e. The Hall–Kier alpha value is -1.85. The molecule has 0 spiro atoms. The summed E-state index contributed by atoms with van der Waals surface area (Å²) >= 11 is 1.82. The summed E-state index contributed by atoms with van der Waals surface area (Å²) in [5.41, 5.74) is 1.33. The predicted molar refractivity (Wildman–Crippen MR) is 81.7 cm³/mol. The Morgan fingerprint density at radius 2 is 1.90 bits per heavy atom. The first-order valence-corrected chi connectivity index (χ1v) is 8.02. The van der Waals surface area contributed by atoms with E-state index in [0.29, 0.717) is 0 Å². The van der Waals surface area contributed by atoms with Gasteiger partial charge in [-0.1, -0.05) is 18.2 Å². The van der Waals surface area contributed by atoms with Crippen molar-refractivity contribution in [3.05, 3.63) is 52.2 Å². The molecule has 0 amide bonds. The summed E-state index contributed by atoms with van der Waals surface area (Å²) in [7, 11) is 0. The predicted octanol–water partition coefficient (Wildman–Crippen LogP) is 0.0167. The van der Waals surface area contributed by atoms with Crippen molar-refractivity contribution in [3.8, 4) is 0 Å². The number of hydrogen-bond acceptors (Lipinski definition) is 4. The summed E-state index contributed by atoms with van der Waals surface area (Å²) in [6, 6.07) is 11.3. The van der Waals surface area contributed by atoms with Crippen LogP contribution < -0.4 is 14.9 Å². The molecular formula is C16H18N2O2S. The van der Waals surface area contributed by atoms with Gasteiger partial charge in [0.1, 0.15) is 6.54 Å². The number of rotatable bonds is 4. The van der Waals surface area contributed by atoms with Gasteiger partial charge in [-0.2, -0.15) is 0 Å². The fraction of sp³-hybridized carbons (Fsp3) is 0.312. The molecule has 1 aromatic heterocycles. The first kappa shape index (κ1) is 14.1. The summed E-state index contributed by atoms with van der Waals surface area (Å²) in [6.07, 6.45) is 0. The van der Waals surface area contributed by atoms with Crippen LogP contribution in [0.3, 0.4) is 0 Å². The van der Waals surface area contributed by atoms with Gasteiger partial charge in [-0.05, 0) is 29.1 Å². The monoisotopic (exact) mass is 302 g/mol. The Kier molecular flexibility index (Phi) is 4.22. The maximum absolute atomic E-state index is 10.8. The van der Waals surface area contributed by atoms with Gasteiger partial charge in [0.05, 0.1) is 37.0 Å². The number of nitrogens with zero attached hydrogens (tertiary/aromatic N) is 1. The van der Waals surface area contributed by atoms with E-state index in [1.54, 1.807) is 17.0 Å². The van der Waals surface area contributed by atoms with Crippen LogP contribution in [0.2, 0.25) is 0 Å². The van der Waals surface area contributed by atoms with E-state index >= 15 is 0 Å². The molecule has 5 heteroatoms. The highest BCUT2D eigenvalue weighted by atomic mass is 32.1. The standard InChI is InChI=1S/C16H18N2O2S/c19-16(20)13-3-5-14(6-4-13)18-9-7-17(8-10-18)12-15-2-1-11-21-15/h1-6,11H,7-10,12H2,(H,19,20). The molecule has 1 aliphatic heterocycles. The molecule has 0 saturated carbocycles. The van der Waals surface area contributed by atoms with E-state index in [-0.39, 0.29) is 5.56 Å². The van der Waals surface area contributed by atoms with Crippen LogP contribution in [-0.2, 0) is 6.54 Å². The molecule has 1 N–H and O–H groups in total. The Morgan fingerprint density at radius 3 is 2.48 bits per heavy atom. The number of aromatic carboxylic acids is 1. The number of quaternary nitrogens is 1. The molecule has 1 saturated heterocycles. The van der Waals surface area contributed by atoms with Gasteiger partial charge in [-0.3, -0.25) is 0 Å². The number of carboxylic acid groups (broad SMARTS) is 1. The number of carbonyl (C=O) groups excluding carboxylic acids is 1. The molecule has 2 heterocycles. The molecule has 110 valence electrons. The van der Waals surface area contributed by atoms with Gasteiger partial charge in [0, 0.05) is 5.69 Å². The fourth-order valence-corrected chi connectivity index (χ4v) is 3.50. The Morgan fingerprint density at radius 1 is 1.19 bits per heavy atom. The summed E-state index contributed by atoms with van der Waals surface area (Å²) in [4.78, 5) is 16.1. The molecule has 0 bridgehead atoms. The summed E-state index contributed by atoms with van der Waals surface area (Å²) in [5, 5.41) is 12.9. The molecule has 2 aromatic rings. The molecule has 0 aliphatic carbocycles. The highest BCUT2D eigenvalue weighted by molar-refractivity contribution is 7.09. The second-order valence-corrected chi connectivity index (χ2v) is 6.36. The lowest BCUT2D eigenvalue weighted by atomic mass is 10.2. The van der Waals surface area contributed by atoms with Crippen molar-refractivity contribution >= 4 is 23.0 Å². The number of anilines is 1. The maximum atomic E-state index is 10.8. The van der Waals surface area contributed by atoms with Crippen molar-refractivity contribution < 1.29 is 14.8 Å². The van der Waals surface area contributed by atoms with Crippen LogP contribution in [0.25, 0.3) is 0 Å². The van der Waals surface area contributed by atoms with Crippen LogP contribution in [0, 0.1) is 0 Å². The third kappa shape index (κ3) is 3.43. The zero-order chi connectivity index (χ0) is 14.7. The molecule has 0 unspecified atom stereocenters. The van der Waals surface area contributed by atoms with Crippen molar-refractivity contribution in [2.75, 3.05) is 31.1 Å². The van der Waals surface area contributed by atoms with Gasteiger partial charge in [-0.25, -0.2) is 0 Å². The number of thiophene rings is 1. The van der Waals surface area contributed by atoms with Crippen LogP contribution in [-0.4, -0.2) is 32.1 Å². The van der Waals surface area contributed by atoms with Gasteiger partial charge in [0.15, 0.2) is 0 Å². The van der Waals surface area contributed by atoms with E-state index in [2.05, 4.69) is 22.4 Å². The van der Waals surface area contributed by atoms with E-state index in [1.165, 1.54) is 4.88 Å². The minimum Gasteiger partial charge on any atom is -0.545 e. The van der Waals surface area contributed by atoms with Crippen molar-refractivity contribution in [2.45, 2.75) is 6.54 Å². The lowest BCUT2D eigenvalue weighted by molar-refractivity contribution is -0.914. The molecule has 1 aliphatic rings. The highest BCUT2D eigenvalue weighted by Gasteiger charge is 2.20. The largest absolute Gasteiger partial charge is 0.545 e. The molecule has 1 fully saturated rings. The SMILES string of the molecule is O=C([O-])c1ccc(N2CC[NH+](Cc3cccs3)CC2)cc1. The van der Waals surface area contributed by atoms with E-state index < -0.39 is 5.97 Å². The summed E-state index contributed by atoms with van der Waals surface area (Å²) in [6.45, 7) is 5.34. The first-order chi connectivity index (χ1) is 10.2. The van der Waals surface area contributed by atoms with Crippen molar-refractivity contribution in [2.24, 2.45) is 0 Å². The molecule has 0 radical (unpaired) electrons. The van der Waals surface area contributed by atoms with Crippen LogP contribution in [0.5, 0.6) is 0 Å². The lowest BCUT2D eigenvalue weighted by Gasteiger charge is -2.33. The second-order valence-electron chi connectivity index (χ2n) is 5.33. The number of nitrogens with one attached hydrogen (secondary N) is 1. The minimum atomic E-state index is -1.12. The number of hydrogen-bond donors (Lipinski definition) is 1. The zero-order valence-electron chi connectivity index (χ0n) is 11.7. The third-order valence-electron chi connectivity index (χ3n) is 3.94. The zero-order valence-corrected chi connectivity index (χ0v) is 12.6. The van der Waals surface area contributed by atoms with Gasteiger partial charge < -0.3 is 19.7 Å². The molecule has 4 nitrogen and oxygen atoms in total. The number of carbonyl (C=O) groups is 1. The average molecular weight is 302 g/mol. The third-order valence-corrected chi connectivity index (χ3v) is 4.82. The lowest BCUT2D eigenvalue weighted by Crippen LogP contribution is -3.13. The Labute approximate surface area is 128 Å². The Bertz CT molecular complexity index is 587. The van der Waals surface area contributed by atoms with Crippen LogP contribution in [0.4, 0.5) is 5.69 Å². The summed E-state index contributed by atoms with van der Waals surface area (Å²) in [5.74, 6) is -1.12. The molecule has 1 aromatic carbocycles. The fourth-order valence-electron chi connectivity index (χ4n) is 2.73. The van der Waals surface area contributed by atoms with E-state index in [9.17, 15) is 9.90 Å². The number of piperazine rings is 1. The molecule has 0 atom stereocenters. The average Bonchev–Trinajstić information content (AvgIpc) is 3.01. The molecule has 21 heavy (non-hydrogen) atoms.